The van der Waals surface area contributed by atoms with Gasteiger partial charge in [0.2, 0.25) is 5.91 Å². The van der Waals surface area contributed by atoms with Crippen LogP contribution in [0, 0.1) is 18.7 Å². The third kappa shape index (κ3) is 5.34. The summed E-state index contributed by atoms with van der Waals surface area (Å²) >= 11 is 0. The van der Waals surface area contributed by atoms with E-state index in [4.69, 9.17) is 0 Å². The highest BCUT2D eigenvalue weighted by atomic mass is 19.1. The van der Waals surface area contributed by atoms with Crippen molar-refractivity contribution in [3.8, 4) is 0 Å². The molecule has 0 aliphatic carbocycles. The first-order valence-corrected chi connectivity index (χ1v) is 10.4. The molecule has 2 heterocycles. The molecule has 1 aliphatic heterocycles. The third-order valence-corrected chi connectivity index (χ3v) is 5.38. The Labute approximate surface area is 176 Å². The Morgan fingerprint density at radius 2 is 1.77 bits per heavy atom. The summed E-state index contributed by atoms with van der Waals surface area (Å²) in [6.45, 7) is 6.87. The van der Waals surface area contributed by atoms with Crippen LogP contribution in [-0.2, 0) is 4.79 Å². The van der Waals surface area contributed by atoms with E-state index in [-0.39, 0.29) is 29.7 Å². The second kappa shape index (κ2) is 9.69. The van der Waals surface area contributed by atoms with Crippen molar-refractivity contribution < 1.29 is 14.0 Å². The molecule has 0 radical (unpaired) electrons. The number of halogens is 1. The molecule has 0 bridgehead atoms. The maximum atomic E-state index is 13.4. The van der Waals surface area contributed by atoms with E-state index in [9.17, 15) is 14.0 Å². The lowest BCUT2D eigenvalue weighted by atomic mass is 9.94. The molecule has 30 heavy (non-hydrogen) atoms. The van der Waals surface area contributed by atoms with Crippen molar-refractivity contribution >= 4 is 11.9 Å². The van der Waals surface area contributed by atoms with Gasteiger partial charge in [0.25, 0.3) is 0 Å². The largest absolute Gasteiger partial charge is 0.343 e. The Bertz CT molecular complexity index is 877. The van der Waals surface area contributed by atoms with Crippen LogP contribution in [0.25, 0.3) is 0 Å². The molecule has 0 spiro atoms. The van der Waals surface area contributed by atoms with Crippen molar-refractivity contribution in [2.45, 2.75) is 45.7 Å². The average molecular weight is 413 g/mol. The molecule has 1 unspecified atom stereocenters. The number of nitrogens with one attached hydrogen (secondary N) is 2. The highest BCUT2D eigenvalue weighted by molar-refractivity contribution is 5.80. The van der Waals surface area contributed by atoms with E-state index >= 15 is 0 Å². The predicted molar refractivity (Wildman–Crippen MR) is 113 cm³/mol. The summed E-state index contributed by atoms with van der Waals surface area (Å²) in [5.74, 6) is -0.577. The standard InChI is InChI=1S/C23H29FN4O2/c1-15(2)26-23(30)28-13-10-18(11-14-28)22(29)27-21(17-6-8-19(24)9-7-17)20-16(3)5-4-12-25-20/h4-9,12,15,18,21H,10-11,13-14H2,1-3H3,(H,26,30)(H,27,29). The molecular formula is C23H29FN4O2. The quantitative estimate of drug-likeness (QED) is 0.789. The number of aryl methyl sites for hydroxylation is 1. The lowest BCUT2D eigenvalue weighted by Crippen LogP contribution is -2.48. The van der Waals surface area contributed by atoms with Gasteiger partial charge in [0.1, 0.15) is 5.82 Å². The number of piperidine rings is 1. The first kappa shape index (κ1) is 21.7. The van der Waals surface area contributed by atoms with E-state index in [0.717, 1.165) is 16.8 Å². The van der Waals surface area contributed by atoms with Crippen LogP contribution in [0.5, 0.6) is 0 Å². The highest BCUT2D eigenvalue weighted by Crippen LogP contribution is 2.25. The fourth-order valence-electron chi connectivity index (χ4n) is 3.71. The lowest BCUT2D eigenvalue weighted by Gasteiger charge is -2.33. The van der Waals surface area contributed by atoms with Gasteiger partial charge in [0.05, 0.1) is 11.7 Å². The van der Waals surface area contributed by atoms with Crippen LogP contribution in [0.2, 0.25) is 0 Å². The van der Waals surface area contributed by atoms with Crippen LogP contribution in [0.1, 0.15) is 49.6 Å². The molecule has 1 aromatic heterocycles. The molecule has 1 aromatic carbocycles. The first-order chi connectivity index (χ1) is 14.3. The predicted octanol–water partition coefficient (Wildman–Crippen LogP) is 3.56. The van der Waals surface area contributed by atoms with Gasteiger partial charge >= 0.3 is 6.03 Å². The fraction of sp³-hybridized carbons (Fsp3) is 0.435. The van der Waals surface area contributed by atoms with E-state index in [1.807, 2.05) is 32.9 Å². The average Bonchev–Trinajstić information content (AvgIpc) is 2.73. The van der Waals surface area contributed by atoms with Gasteiger partial charge in [-0.15, -0.1) is 0 Å². The molecule has 3 rings (SSSR count). The number of benzene rings is 1. The van der Waals surface area contributed by atoms with Crippen molar-refractivity contribution in [3.05, 3.63) is 65.2 Å². The second-order valence-electron chi connectivity index (χ2n) is 8.06. The smallest absolute Gasteiger partial charge is 0.317 e. The van der Waals surface area contributed by atoms with Crippen LogP contribution >= 0.6 is 0 Å². The van der Waals surface area contributed by atoms with E-state index < -0.39 is 6.04 Å². The second-order valence-corrected chi connectivity index (χ2v) is 8.06. The van der Waals surface area contributed by atoms with Gasteiger partial charge in [-0.05, 0) is 62.9 Å². The molecule has 6 nitrogen and oxygen atoms in total. The van der Waals surface area contributed by atoms with Crippen LogP contribution in [0.3, 0.4) is 0 Å². The third-order valence-electron chi connectivity index (χ3n) is 5.38. The van der Waals surface area contributed by atoms with Crippen molar-refractivity contribution in [1.29, 1.82) is 0 Å². The van der Waals surface area contributed by atoms with E-state index in [0.29, 0.717) is 25.9 Å². The maximum Gasteiger partial charge on any atom is 0.317 e. The molecule has 0 saturated carbocycles. The summed E-state index contributed by atoms with van der Waals surface area (Å²) < 4.78 is 13.4. The Balaban J connectivity index is 1.71. The van der Waals surface area contributed by atoms with Gasteiger partial charge in [-0.1, -0.05) is 18.2 Å². The number of likely N-dealkylation sites (tertiary alicyclic amines) is 1. The van der Waals surface area contributed by atoms with Gasteiger partial charge in [0.15, 0.2) is 0 Å². The summed E-state index contributed by atoms with van der Waals surface area (Å²) in [5, 5.41) is 6.00. The summed E-state index contributed by atoms with van der Waals surface area (Å²) in [4.78, 5) is 31.5. The van der Waals surface area contributed by atoms with Gasteiger partial charge in [-0.2, -0.15) is 0 Å². The number of carbonyl (C=O) groups excluding carboxylic acids is 2. The fourth-order valence-corrected chi connectivity index (χ4v) is 3.71. The summed E-state index contributed by atoms with van der Waals surface area (Å²) in [6, 6.07) is 9.45. The normalized spacial score (nSPS) is 15.7. The molecule has 3 amide bonds. The number of hydrogen-bond acceptors (Lipinski definition) is 3. The lowest BCUT2D eigenvalue weighted by molar-refractivity contribution is -0.126. The monoisotopic (exact) mass is 412 g/mol. The molecule has 160 valence electrons. The van der Waals surface area contributed by atoms with Gasteiger partial charge < -0.3 is 15.5 Å². The number of carbonyl (C=O) groups is 2. The zero-order valence-electron chi connectivity index (χ0n) is 17.7. The molecule has 7 heteroatoms. The minimum Gasteiger partial charge on any atom is -0.343 e. The van der Waals surface area contributed by atoms with Crippen LogP contribution in [-0.4, -0.2) is 41.0 Å². The van der Waals surface area contributed by atoms with Crippen LogP contribution in [0.15, 0.2) is 42.6 Å². The maximum absolute atomic E-state index is 13.4. The SMILES string of the molecule is Cc1cccnc1C(NC(=O)C1CCN(C(=O)NC(C)C)CC1)c1ccc(F)cc1. The zero-order valence-corrected chi connectivity index (χ0v) is 17.7. The summed E-state index contributed by atoms with van der Waals surface area (Å²) in [5.41, 5.74) is 2.47. The van der Waals surface area contributed by atoms with E-state index in [1.165, 1.54) is 12.1 Å². The molecule has 1 atom stereocenters. The van der Waals surface area contributed by atoms with Crippen molar-refractivity contribution in [3.63, 3.8) is 0 Å². The molecule has 1 saturated heterocycles. The van der Waals surface area contributed by atoms with E-state index in [1.54, 1.807) is 23.2 Å². The Hall–Kier alpha value is -2.96. The van der Waals surface area contributed by atoms with Crippen LogP contribution in [0.4, 0.5) is 9.18 Å². The highest BCUT2D eigenvalue weighted by Gasteiger charge is 2.30. The zero-order chi connectivity index (χ0) is 21.7. The molecule has 1 aliphatic rings. The van der Waals surface area contributed by atoms with Crippen molar-refractivity contribution in [2.24, 2.45) is 5.92 Å². The van der Waals surface area contributed by atoms with Gasteiger partial charge in [0, 0.05) is 31.2 Å². The number of aromatic nitrogens is 1. The minimum atomic E-state index is -0.457. The van der Waals surface area contributed by atoms with Gasteiger partial charge in [-0.25, -0.2) is 9.18 Å². The van der Waals surface area contributed by atoms with Gasteiger partial charge in [-0.3, -0.25) is 9.78 Å². The molecule has 2 N–H and O–H groups in total. The minimum absolute atomic E-state index is 0.0710. The first-order valence-electron chi connectivity index (χ1n) is 10.4. The molecular weight excluding hydrogens is 383 g/mol. The summed E-state index contributed by atoms with van der Waals surface area (Å²) in [7, 11) is 0. The number of rotatable bonds is 5. The Kier molecular flexibility index (Phi) is 7.03. The number of nitrogens with zero attached hydrogens (tertiary/aromatic N) is 2. The Morgan fingerprint density at radius 3 is 2.37 bits per heavy atom. The van der Waals surface area contributed by atoms with Crippen LogP contribution < -0.4 is 10.6 Å². The number of pyridine rings is 1. The van der Waals surface area contributed by atoms with Crippen molar-refractivity contribution in [2.75, 3.05) is 13.1 Å². The Morgan fingerprint density at radius 1 is 1.10 bits per heavy atom. The van der Waals surface area contributed by atoms with E-state index in [2.05, 4.69) is 15.6 Å². The topological polar surface area (TPSA) is 74.3 Å². The summed E-state index contributed by atoms with van der Waals surface area (Å²) in [6.07, 6.45) is 2.90. The number of amides is 3. The number of urea groups is 1. The van der Waals surface area contributed by atoms with Crippen molar-refractivity contribution in [1.82, 2.24) is 20.5 Å². The number of hydrogen-bond donors (Lipinski definition) is 2. The molecule has 1 fully saturated rings. The molecule has 2 aromatic rings.